The molecule has 0 aliphatic carbocycles. The van der Waals surface area contributed by atoms with Crippen LogP contribution in [0.3, 0.4) is 0 Å². The topological polar surface area (TPSA) is 64.6 Å². The summed E-state index contributed by atoms with van der Waals surface area (Å²) in [6.45, 7) is -0.388. The smallest absolute Gasteiger partial charge is 0.416 e. The van der Waals surface area contributed by atoms with Crippen molar-refractivity contribution in [3.63, 3.8) is 0 Å². The number of hydrogen-bond acceptors (Lipinski definition) is 4. The number of carbonyl (C=O) groups excluding carboxylic acids is 2. The summed E-state index contributed by atoms with van der Waals surface area (Å²) in [5.74, 6) is -1.66. The third-order valence-corrected chi connectivity index (χ3v) is 3.73. The zero-order chi connectivity index (χ0) is 20.0. The fourth-order valence-electron chi connectivity index (χ4n) is 2.18. The van der Waals surface area contributed by atoms with Gasteiger partial charge in [-0.15, -0.1) is 0 Å². The van der Waals surface area contributed by atoms with Crippen LogP contribution in [0.1, 0.15) is 17.2 Å². The van der Waals surface area contributed by atoms with E-state index in [0.29, 0.717) is 11.6 Å². The molecule has 0 heterocycles. The second-order valence-corrected chi connectivity index (χ2v) is 5.80. The SMILES string of the molecule is COCC(=O)OC(C(=O)Nc1cc(C(F)(F)F)ccc1Cl)c1ccccc1. The Morgan fingerprint density at radius 2 is 1.81 bits per heavy atom. The number of rotatable bonds is 6. The van der Waals surface area contributed by atoms with Crippen LogP contribution in [0.25, 0.3) is 0 Å². The van der Waals surface area contributed by atoms with Gasteiger partial charge in [0.05, 0.1) is 16.3 Å². The highest BCUT2D eigenvalue weighted by molar-refractivity contribution is 6.33. The monoisotopic (exact) mass is 401 g/mol. The molecule has 0 aliphatic rings. The molecule has 0 aliphatic heterocycles. The molecule has 1 unspecified atom stereocenters. The Hall–Kier alpha value is -2.58. The summed E-state index contributed by atoms with van der Waals surface area (Å²) in [4.78, 5) is 24.3. The van der Waals surface area contributed by atoms with Gasteiger partial charge in [0.15, 0.2) is 0 Å². The molecule has 0 spiro atoms. The zero-order valence-electron chi connectivity index (χ0n) is 14.0. The standard InChI is InChI=1S/C18H15ClF3NO4/c1-26-10-15(24)27-16(11-5-3-2-4-6-11)17(25)23-14-9-12(18(20,21)22)7-8-13(14)19/h2-9,16H,10H2,1H3,(H,23,25). The molecule has 9 heteroatoms. The summed E-state index contributed by atoms with van der Waals surface area (Å²) in [6.07, 6.45) is -5.99. The van der Waals surface area contributed by atoms with Gasteiger partial charge in [0.2, 0.25) is 6.10 Å². The third kappa shape index (κ3) is 5.70. The van der Waals surface area contributed by atoms with Crippen molar-refractivity contribution in [1.82, 2.24) is 0 Å². The summed E-state index contributed by atoms with van der Waals surface area (Å²) in [6, 6.07) is 10.5. The Kier molecular flexibility index (Phi) is 6.81. The quantitative estimate of drug-likeness (QED) is 0.736. The highest BCUT2D eigenvalue weighted by Crippen LogP contribution is 2.34. The van der Waals surface area contributed by atoms with E-state index >= 15 is 0 Å². The van der Waals surface area contributed by atoms with Gasteiger partial charge in [0, 0.05) is 12.7 Å². The Morgan fingerprint density at radius 3 is 2.41 bits per heavy atom. The predicted octanol–water partition coefficient (Wildman–Crippen LogP) is 4.23. The number of amides is 1. The average molecular weight is 402 g/mol. The second kappa shape index (κ2) is 8.88. The summed E-state index contributed by atoms with van der Waals surface area (Å²) in [7, 11) is 1.28. The molecule has 2 rings (SSSR count). The first-order valence-electron chi connectivity index (χ1n) is 7.63. The number of esters is 1. The Labute approximate surface area is 158 Å². The van der Waals surface area contributed by atoms with Gasteiger partial charge in [-0.2, -0.15) is 13.2 Å². The number of nitrogens with one attached hydrogen (secondary N) is 1. The number of ether oxygens (including phenoxy) is 2. The minimum atomic E-state index is -4.60. The molecule has 1 atom stereocenters. The number of alkyl halides is 3. The summed E-state index contributed by atoms with van der Waals surface area (Å²) in [5, 5.41) is 2.19. The molecule has 2 aromatic carbocycles. The number of anilines is 1. The number of methoxy groups -OCH3 is 1. The lowest BCUT2D eigenvalue weighted by molar-refractivity contribution is -0.158. The maximum Gasteiger partial charge on any atom is 0.416 e. The van der Waals surface area contributed by atoms with Crippen molar-refractivity contribution >= 4 is 29.2 Å². The van der Waals surface area contributed by atoms with Gasteiger partial charge in [0.1, 0.15) is 6.61 Å². The van der Waals surface area contributed by atoms with Crippen LogP contribution in [-0.2, 0) is 25.2 Å². The van der Waals surface area contributed by atoms with E-state index in [1.165, 1.54) is 19.2 Å². The summed E-state index contributed by atoms with van der Waals surface area (Å²) >= 11 is 5.89. The molecule has 2 aromatic rings. The van der Waals surface area contributed by atoms with Crippen LogP contribution in [0.4, 0.5) is 18.9 Å². The van der Waals surface area contributed by atoms with E-state index in [2.05, 4.69) is 10.1 Å². The van der Waals surface area contributed by atoms with E-state index < -0.39 is 29.7 Å². The van der Waals surface area contributed by atoms with Crippen molar-refractivity contribution in [3.8, 4) is 0 Å². The fourth-order valence-corrected chi connectivity index (χ4v) is 2.34. The van der Waals surface area contributed by atoms with Crippen LogP contribution in [0.15, 0.2) is 48.5 Å². The molecule has 0 fully saturated rings. The van der Waals surface area contributed by atoms with Gasteiger partial charge in [-0.3, -0.25) is 4.79 Å². The van der Waals surface area contributed by atoms with Gasteiger partial charge in [-0.05, 0) is 18.2 Å². The first-order valence-corrected chi connectivity index (χ1v) is 8.01. The highest BCUT2D eigenvalue weighted by atomic mass is 35.5. The van der Waals surface area contributed by atoms with Crippen LogP contribution in [-0.4, -0.2) is 25.6 Å². The second-order valence-electron chi connectivity index (χ2n) is 5.40. The Morgan fingerprint density at radius 1 is 1.15 bits per heavy atom. The number of hydrogen-bond donors (Lipinski definition) is 1. The predicted molar refractivity (Wildman–Crippen MR) is 92.2 cm³/mol. The lowest BCUT2D eigenvalue weighted by Gasteiger charge is -2.19. The van der Waals surface area contributed by atoms with E-state index in [4.69, 9.17) is 16.3 Å². The molecule has 27 heavy (non-hydrogen) atoms. The molecule has 144 valence electrons. The largest absolute Gasteiger partial charge is 0.446 e. The average Bonchev–Trinajstić information content (AvgIpc) is 2.61. The molecule has 0 saturated carbocycles. The van der Waals surface area contributed by atoms with Gasteiger partial charge < -0.3 is 14.8 Å². The fraction of sp³-hybridized carbons (Fsp3) is 0.222. The molecule has 0 bridgehead atoms. The van der Waals surface area contributed by atoms with Gasteiger partial charge in [-0.1, -0.05) is 41.9 Å². The van der Waals surface area contributed by atoms with Gasteiger partial charge >= 0.3 is 12.1 Å². The van der Waals surface area contributed by atoms with E-state index in [0.717, 1.165) is 12.1 Å². The first-order chi connectivity index (χ1) is 12.7. The lowest BCUT2D eigenvalue weighted by atomic mass is 10.1. The molecule has 1 N–H and O–H groups in total. The maximum absolute atomic E-state index is 12.9. The van der Waals surface area contributed by atoms with Crippen molar-refractivity contribution in [3.05, 3.63) is 64.7 Å². The molecule has 0 aromatic heterocycles. The van der Waals surface area contributed by atoms with Crippen LogP contribution in [0.2, 0.25) is 5.02 Å². The normalized spacial score (nSPS) is 12.3. The van der Waals surface area contributed by atoms with Crippen LogP contribution in [0, 0.1) is 0 Å². The number of halogens is 4. The highest BCUT2D eigenvalue weighted by Gasteiger charge is 2.32. The molecular formula is C18H15ClF3NO4. The van der Waals surface area contributed by atoms with E-state index in [1.807, 2.05) is 0 Å². The first kappa shape index (κ1) is 20.7. The number of benzene rings is 2. The van der Waals surface area contributed by atoms with E-state index in [9.17, 15) is 22.8 Å². The van der Waals surface area contributed by atoms with Gasteiger partial charge in [-0.25, -0.2) is 4.79 Å². The van der Waals surface area contributed by atoms with Crippen molar-refractivity contribution in [2.45, 2.75) is 12.3 Å². The maximum atomic E-state index is 12.9. The lowest BCUT2D eigenvalue weighted by Crippen LogP contribution is -2.27. The van der Waals surface area contributed by atoms with Crippen molar-refractivity contribution < 1.29 is 32.2 Å². The van der Waals surface area contributed by atoms with Crippen molar-refractivity contribution in [1.29, 1.82) is 0 Å². The van der Waals surface area contributed by atoms with Crippen LogP contribution >= 0.6 is 11.6 Å². The molecular weight excluding hydrogens is 387 g/mol. The minimum Gasteiger partial charge on any atom is -0.446 e. The van der Waals surface area contributed by atoms with Crippen LogP contribution in [0.5, 0.6) is 0 Å². The molecule has 5 nitrogen and oxygen atoms in total. The summed E-state index contributed by atoms with van der Waals surface area (Å²) in [5.41, 5.74) is -0.891. The molecule has 1 amide bonds. The van der Waals surface area contributed by atoms with Crippen molar-refractivity contribution in [2.75, 3.05) is 19.0 Å². The summed E-state index contributed by atoms with van der Waals surface area (Å²) < 4.78 is 48.4. The van der Waals surface area contributed by atoms with E-state index in [1.54, 1.807) is 18.2 Å². The number of carbonyl (C=O) groups is 2. The minimum absolute atomic E-state index is 0.0913. The molecule has 0 radical (unpaired) electrons. The Bertz CT molecular complexity index is 812. The zero-order valence-corrected chi connectivity index (χ0v) is 14.8. The van der Waals surface area contributed by atoms with E-state index in [-0.39, 0.29) is 17.3 Å². The van der Waals surface area contributed by atoms with Crippen molar-refractivity contribution in [2.24, 2.45) is 0 Å². The Balaban J connectivity index is 2.29. The molecule has 0 saturated heterocycles. The van der Waals surface area contributed by atoms with Crippen LogP contribution < -0.4 is 5.32 Å². The third-order valence-electron chi connectivity index (χ3n) is 3.40. The van der Waals surface area contributed by atoms with Gasteiger partial charge in [0.25, 0.3) is 5.91 Å².